The van der Waals surface area contributed by atoms with E-state index in [0.717, 1.165) is 5.75 Å². The molecule has 0 unspecified atom stereocenters. The molecule has 0 aliphatic rings. The molecule has 3 nitrogen and oxygen atoms in total. The van der Waals surface area contributed by atoms with E-state index in [1.54, 1.807) is 6.92 Å². The van der Waals surface area contributed by atoms with Gasteiger partial charge in [0.05, 0.1) is 6.10 Å². The lowest BCUT2D eigenvalue weighted by atomic mass is 10.5. The molecule has 0 bridgehead atoms. The fourth-order valence-corrected chi connectivity index (χ4v) is 1.17. The van der Waals surface area contributed by atoms with Crippen molar-refractivity contribution in [3.8, 4) is 12.0 Å². The van der Waals surface area contributed by atoms with Gasteiger partial charge >= 0.3 is 6.09 Å². The van der Waals surface area contributed by atoms with Gasteiger partial charge in [0.2, 0.25) is 0 Å². The molecule has 0 spiro atoms. The Hall–Kier alpha value is -0.820. The summed E-state index contributed by atoms with van der Waals surface area (Å²) < 4.78 is 6.30. The van der Waals surface area contributed by atoms with Crippen LogP contribution < -0.4 is 0 Å². The molecule has 0 radical (unpaired) electrons. The van der Waals surface area contributed by atoms with E-state index in [0.29, 0.717) is 0 Å². The number of nitrogens with zero attached hydrogens (tertiary/aromatic N) is 1. The highest BCUT2D eigenvalue weighted by Crippen LogP contribution is 2.10. The fourth-order valence-electron chi connectivity index (χ4n) is 0.611. The third-order valence-electron chi connectivity index (χ3n) is 0.974. The lowest BCUT2D eigenvalue weighted by molar-refractivity contribution is 0.107. The fraction of sp³-hybridized carbons (Fsp3) is 0.667. The molecule has 0 fully saturated rings. The maximum Gasteiger partial charge on any atom is 0.432 e. The van der Waals surface area contributed by atoms with Crippen molar-refractivity contribution in [1.82, 2.24) is 4.31 Å². The standard InChI is InChI=1S/C9H15NO2S/c1-5-7-10(13-6-2)9(11)12-8(3)4/h8H,6H2,1-4H3. The summed E-state index contributed by atoms with van der Waals surface area (Å²) >= 11 is 1.34. The second-order valence-electron chi connectivity index (χ2n) is 2.51. The van der Waals surface area contributed by atoms with Gasteiger partial charge in [-0.05, 0) is 32.7 Å². The van der Waals surface area contributed by atoms with Crippen molar-refractivity contribution in [2.45, 2.75) is 33.8 Å². The zero-order chi connectivity index (χ0) is 10.3. The van der Waals surface area contributed by atoms with E-state index < -0.39 is 6.09 Å². The van der Waals surface area contributed by atoms with Crippen molar-refractivity contribution in [2.75, 3.05) is 5.75 Å². The van der Waals surface area contributed by atoms with Crippen LogP contribution in [0.4, 0.5) is 4.79 Å². The molecular weight excluding hydrogens is 186 g/mol. The maximum absolute atomic E-state index is 11.3. The molecule has 74 valence electrons. The minimum Gasteiger partial charge on any atom is -0.445 e. The molecule has 0 aromatic rings. The van der Waals surface area contributed by atoms with Crippen LogP contribution in [-0.2, 0) is 4.74 Å². The van der Waals surface area contributed by atoms with Gasteiger partial charge in [0.1, 0.15) is 0 Å². The summed E-state index contributed by atoms with van der Waals surface area (Å²) in [4.78, 5) is 11.3. The molecule has 0 heterocycles. The minimum atomic E-state index is -0.392. The van der Waals surface area contributed by atoms with Crippen molar-refractivity contribution in [1.29, 1.82) is 0 Å². The van der Waals surface area contributed by atoms with Crippen molar-refractivity contribution in [3.63, 3.8) is 0 Å². The van der Waals surface area contributed by atoms with E-state index in [-0.39, 0.29) is 6.10 Å². The molecule has 0 rings (SSSR count). The van der Waals surface area contributed by atoms with Crippen molar-refractivity contribution < 1.29 is 9.53 Å². The highest BCUT2D eigenvalue weighted by molar-refractivity contribution is 7.97. The number of hydrogen-bond donors (Lipinski definition) is 0. The van der Waals surface area contributed by atoms with Crippen molar-refractivity contribution in [2.24, 2.45) is 0 Å². The van der Waals surface area contributed by atoms with Crippen LogP contribution in [-0.4, -0.2) is 22.3 Å². The summed E-state index contributed by atoms with van der Waals surface area (Å²) in [5, 5.41) is 0. The molecule has 1 amide bonds. The van der Waals surface area contributed by atoms with E-state index >= 15 is 0 Å². The first-order valence-electron chi connectivity index (χ1n) is 4.17. The van der Waals surface area contributed by atoms with Crippen LogP contribution in [0.3, 0.4) is 0 Å². The van der Waals surface area contributed by atoms with E-state index in [1.165, 1.54) is 16.3 Å². The number of amides is 1. The Kier molecular flexibility index (Phi) is 6.25. The van der Waals surface area contributed by atoms with Crippen LogP contribution >= 0.6 is 11.9 Å². The molecule has 0 saturated carbocycles. The first-order chi connectivity index (χ1) is 6.11. The SMILES string of the molecule is CC#CN(SCC)C(=O)OC(C)C. The predicted molar refractivity (Wildman–Crippen MR) is 55.0 cm³/mol. The quantitative estimate of drug-likeness (QED) is 0.399. The predicted octanol–water partition coefficient (Wildman–Crippen LogP) is 2.48. The third-order valence-corrected chi connectivity index (χ3v) is 1.73. The van der Waals surface area contributed by atoms with Gasteiger partial charge in [0.25, 0.3) is 0 Å². The Morgan fingerprint density at radius 1 is 1.62 bits per heavy atom. The Bertz CT molecular complexity index is 217. The number of carbonyl (C=O) groups excluding carboxylic acids is 1. The van der Waals surface area contributed by atoms with Crippen molar-refractivity contribution in [3.05, 3.63) is 0 Å². The first kappa shape index (κ1) is 12.2. The van der Waals surface area contributed by atoms with Crippen LogP contribution in [0.1, 0.15) is 27.7 Å². The van der Waals surface area contributed by atoms with E-state index in [2.05, 4.69) is 12.0 Å². The maximum atomic E-state index is 11.3. The normalized spacial score (nSPS) is 9.00. The van der Waals surface area contributed by atoms with Crippen LogP contribution in [0, 0.1) is 12.0 Å². The van der Waals surface area contributed by atoms with Gasteiger partial charge in [0.15, 0.2) is 0 Å². The minimum absolute atomic E-state index is 0.105. The Morgan fingerprint density at radius 2 is 2.23 bits per heavy atom. The zero-order valence-electron chi connectivity index (χ0n) is 8.46. The molecule has 0 saturated heterocycles. The van der Waals surface area contributed by atoms with E-state index in [9.17, 15) is 4.79 Å². The van der Waals surface area contributed by atoms with Crippen molar-refractivity contribution >= 4 is 18.0 Å². The van der Waals surface area contributed by atoms with E-state index in [4.69, 9.17) is 4.74 Å². The molecule has 0 aromatic heterocycles. The molecule has 0 atom stereocenters. The number of carbonyl (C=O) groups is 1. The lowest BCUT2D eigenvalue weighted by Gasteiger charge is -2.14. The summed E-state index contributed by atoms with van der Waals surface area (Å²) in [6.07, 6.45) is -0.498. The largest absolute Gasteiger partial charge is 0.445 e. The second kappa shape index (κ2) is 6.67. The highest BCUT2D eigenvalue weighted by atomic mass is 32.2. The highest BCUT2D eigenvalue weighted by Gasteiger charge is 2.13. The molecule has 0 aromatic carbocycles. The summed E-state index contributed by atoms with van der Waals surface area (Å²) in [6, 6.07) is 2.66. The zero-order valence-corrected chi connectivity index (χ0v) is 9.27. The summed E-state index contributed by atoms with van der Waals surface area (Å²) in [6.45, 7) is 7.27. The van der Waals surface area contributed by atoms with Gasteiger partial charge in [-0.25, -0.2) is 4.79 Å². The summed E-state index contributed by atoms with van der Waals surface area (Å²) in [7, 11) is 0. The van der Waals surface area contributed by atoms with Gasteiger partial charge in [-0.1, -0.05) is 12.8 Å². The van der Waals surface area contributed by atoms with Gasteiger partial charge in [-0.3, -0.25) is 0 Å². The molecule has 4 heteroatoms. The van der Waals surface area contributed by atoms with Gasteiger partial charge in [-0.15, -0.1) is 0 Å². The van der Waals surface area contributed by atoms with Crippen LogP contribution in [0.5, 0.6) is 0 Å². The van der Waals surface area contributed by atoms with Crippen LogP contribution in [0.25, 0.3) is 0 Å². The average molecular weight is 201 g/mol. The lowest BCUT2D eigenvalue weighted by Crippen LogP contribution is -2.23. The molecular formula is C9H15NO2S. The topological polar surface area (TPSA) is 29.5 Å². The second-order valence-corrected chi connectivity index (χ2v) is 3.71. The third kappa shape index (κ3) is 5.42. The monoisotopic (exact) mass is 201 g/mol. The smallest absolute Gasteiger partial charge is 0.432 e. The van der Waals surface area contributed by atoms with Crippen LogP contribution in [0.2, 0.25) is 0 Å². The first-order valence-corrected chi connectivity index (χ1v) is 5.12. The van der Waals surface area contributed by atoms with Gasteiger partial charge in [0, 0.05) is 11.8 Å². The van der Waals surface area contributed by atoms with Gasteiger partial charge < -0.3 is 4.74 Å². The Morgan fingerprint density at radius 3 is 2.62 bits per heavy atom. The average Bonchev–Trinajstić information content (AvgIpc) is 2.02. The Balaban J connectivity index is 4.16. The molecule has 0 N–H and O–H groups in total. The van der Waals surface area contributed by atoms with Crippen LogP contribution in [0.15, 0.2) is 0 Å². The molecule has 0 aliphatic heterocycles. The number of ether oxygens (including phenoxy) is 1. The summed E-state index contributed by atoms with van der Waals surface area (Å²) in [5.74, 6) is 3.45. The number of hydrogen-bond acceptors (Lipinski definition) is 3. The number of rotatable bonds is 3. The summed E-state index contributed by atoms with van der Waals surface area (Å²) in [5.41, 5.74) is 0. The van der Waals surface area contributed by atoms with E-state index in [1.807, 2.05) is 20.8 Å². The van der Waals surface area contributed by atoms with Gasteiger partial charge in [-0.2, -0.15) is 4.31 Å². The Labute approximate surface area is 84.0 Å². The molecule has 13 heavy (non-hydrogen) atoms. The molecule has 0 aliphatic carbocycles.